The predicted molar refractivity (Wildman–Crippen MR) is 47.0 cm³/mol. The number of ether oxygens (including phenoxy) is 2. The number of esters is 1. The highest BCUT2D eigenvalue weighted by Crippen LogP contribution is 2.01. The van der Waals surface area contributed by atoms with Crippen molar-refractivity contribution in [1.29, 1.82) is 0 Å². The largest absolute Gasteiger partial charge is 0.462 e. The van der Waals surface area contributed by atoms with Gasteiger partial charge in [-0.1, -0.05) is 19.8 Å². The molecule has 0 aromatic carbocycles. The van der Waals surface area contributed by atoms with Gasteiger partial charge in [-0.25, -0.2) is 9.18 Å². The van der Waals surface area contributed by atoms with Gasteiger partial charge < -0.3 is 9.47 Å². The van der Waals surface area contributed by atoms with Crippen LogP contribution in [0.2, 0.25) is 0 Å². The van der Waals surface area contributed by atoms with E-state index in [2.05, 4.69) is 9.47 Å². The summed E-state index contributed by atoms with van der Waals surface area (Å²) in [5, 5.41) is 0. The topological polar surface area (TPSA) is 35.5 Å². The van der Waals surface area contributed by atoms with Crippen molar-refractivity contribution >= 4 is 5.97 Å². The third-order valence-electron chi connectivity index (χ3n) is 1.48. The lowest BCUT2D eigenvalue weighted by molar-refractivity contribution is -0.169. The molecule has 78 valence electrons. The first-order valence-corrected chi connectivity index (χ1v) is 4.64. The van der Waals surface area contributed by atoms with Gasteiger partial charge in [0.25, 0.3) is 6.36 Å². The fourth-order valence-corrected chi connectivity index (χ4v) is 0.815. The number of halogens is 1. The van der Waals surface area contributed by atoms with E-state index >= 15 is 0 Å². The van der Waals surface area contributed by atoms with E-state index in [0.29, 0.717) is 0 Å². The summed E-state index contributed by atoms with van der Waals surface area (Å²) in [6.07, 6.45) is 0.878. The van der Waals surface area contributed by atoms with Crippen molar-refractivity contribution in [3.05, 3.63) is 0 Å². The van der Waals surface area contributed by atoms with Gasteiger partial charge in [0.15, 0.2) is 0 Å². The Balaban J connectivity index is 3.38. The standard InChI is InChI=1S/C9H17FO3/c1-3-5-6-7-13-8(10)9(11)12-4-2/h8H,3-7H2,1-2H3. The van der Waals surface area contributed by atoms with E-state index in [4.69, 9.17) is 0 Å². The second kappa shape index (κ2) is 7.98. The third-order valence-corrected chi connectivity index (χ3v) is 1.48. The molecule has 0 heterocycles. The second-order valence-corrected chi connectivity index (χ2v) is 2.65. The molecule has 0 radical (unpaired) electrons. The summed E-state index contributed by atoms with van der Waals surface area (Å²) in [4.78, 5) is 10.7. The minimum absolute atomic E-state index is 0.178. The highest BCUT2D eigenvalue weighted by atomic mass is 19.1. The SMILES string of the molecule is CCCCCOC(F)C(=O)OCC. The fraction of sp³-hybridized carbons (Fsp3) is 0.889. The van der Waals surface area contributed by atoms with E-state index in [9.17, 15) is 9.18 Å². The summed E-state index contributed by atoms with van der Waals surface area (Å²) < 4.78 is 21.8. The van der Waals surface area contributed by atoms with Gasteiger partial charge in [0.2, 0.25) is 0 Å². The second-order valence-electron chi connectivity index (χ2n) is 2.65. The Morgan fingerprint density at radius 3 is 2.62 bits per heavy atom. The van der Waals surface area contributed by atoms with Crippen molar-refractivity contribution in [3.63, 3.8) is 0 Å². The molecule has 0 bridgehead atoms. The molecule has 4 heteroatoms. The molecule has 0 saturated heterocycles. The Hall–Kier alpha value is -0.640. The number of hydrogen-bond donors (Lipinski definition) is 0. The molecule has 1 unspecified atom stereocenters. The van der Waals surface area contributed by atoms with E-state index in [1.54, 1.807) is 6.92 Å². The molecule has 0 saturated carbocycles. The Labute approximate surface area is 78.2 Å². The third kappa shape index (κ3) is 6.51. The molecule has 0 aromatic heterocycles. The van der Waals surface area contributed by atoms with Crippen LogP contribution in [-0.2, 0) is 14.3 Å². The number of alkyl halides is 1. The van der Waals surface area contributed by atoms with Crippen molar-refractivity contribution in [2.45, 2.75) is 39.5 Å². The normalized spacial score (nSPS) is 12.5. The molecular formula is C9H17FO3. The first-order valence-electron chi connectivity index (χ1n) is 4.64. The van der Waals surface area contributed by atoms with Crippen LogP contribution >= 0.6 is 0 Å². The smallest absolute Gasteiger partial charge is 0.368 e. The van der Waals surface area contributed by atoms with Crippen LogP contribution in [0.5, 0.6) is 0 Å². The average molecular weight is 192 g/mol. The van der Waals surface area contributed by atoms with Gasteiger partial charge >= 0.3 is 5.97 Å². The van der Waals surface area contributed by atoms with Gasteiger partial charge in [-0.3, -0.25) is 0 Å². The highest BCUT2D eigenvalue weighted by Gasteiger charge is 2.18. The molecule has 3 nitrogen and oxygen atoms in total. The summed E-state index contributed by atoms with van der Waals surface area (Å²) >= 11 is 0. The van der Waals surface area contributed by atoms with Crippen molar-refractivity contribution in [3.8, 4) is 0 Å². The van der Waals surface area contributed by atoms with Crippen molar-refractivity contribution in [1.82, 2.24) is 0 Å². The van der Waals surface area contributed by atoms with Gasteiger partial charge in [-0.15, -0.1) is 0 Å². The number of rotatable bonds is 7. The maximum atomic E-state index is 12.7. The number of hydrogen-bond acceptors (Lipinski definition) is 3. The van der Waals surface area contributed by atoms with Crippen LogP contribution < -0.4 is 0 Å². The minimum Gasteiger partial charge on any atom is -0.462 e. The van der Waals surface area contributed by atoms with Crippen molar-refractivity contribution in [2.75, 3.05) is 13.2 Å². The van der Waals surface area contributed by atoms with Crippen LogP contribution in [0.25, 0.3) is 0 Å². The summed E-state index contributed by atoms with van der Waals surface area (Å²) in [6.45, 7) is 4.12. The van der Waals surface area contributed by atoms with Crippen molar-refractivity contribution in [2.24, 2.45) is 0 Å². The van der Waals surface area contributed by atoms with Gasteiger partial charge in [0, 0.05) is 0 Å². The van der Waals surface area contributed by atoms with Crippen molar-refractivity contribution < 1.29 is 18.7 Å². The van der Waals surface area contributed by atoms with E-state index in [0.717, 1.165) is 19.3 Å². The summed E-state index contributed by atoms with van der Waals surface area (Å²) in [5.41, 5.74) is 0. The maximum absolute atomic E-state index is 12.7. The molecule has 0 aromatic rings. The molecule has 0 amide bonds. The molecule has 0 N–H and O–H groups in total. The van der Waals surface area contributed by atoms with Crippen LogP contribution in [0.1, 0.15) is 33.1 Å². The van der Waals surface area contributed by atoms with E-state index in [1.807, 2.05) is 6.92 Å². The summed E-state index contributed by atoms with van der Waals surface area (Å²) in [5.74, 6) is -0.931. The lowest BCUT2D eigenvalue weighted by Crippen LogP contribution is -2.22. The number of carbonyl (C=O) groups excluding carboxylic acids is 1. The van der Waals surface area contributed by atoms with Crippen LogP contribution in [0.15, 0.2) is 0 Å². The molecule has 0 aliphatic rings. The number of carbonyl (C=O) groups is 1. The van der Waals surface area contributed by atoms with Crippen LogP contribution in [0.4, 0.5) is 4.39 Å². The first-order chi connectivity index (χ1) is 6.22. The van der Waals surface area contributed by atoms with Gasteiger partial charge in [-0.2, -0.15) is 0 Å². The molecule has 0 fully saturated rings. The van der Waals surface area contributed by atoms with Gasteiger partial charge in [0.1, 0.15) is 0 Å². The molecule has 0 aliphatic heterocycles. The zero-order valence-corrected chi connectivity index (χ0v) is 8.22. The molecule has 0 rings (SSSR count). The lowest BCUT2D eigenvalue weighted by Gasteiger charge is -2.07. The molecule has 1 atom stereocenters. The molecule has 0 aliphatic carbocycles. The molecule has 13 heavy (non-hydrogen) atoms. The maximum Gasteiger partial charge on any atom is 0.368 e. The minimum atomic E-state index is -1.92. The van der Waals surface area contributed by atoms with Crippen LogP contribution in [0.3, 0.4) is 0 Å². The monoisotopic (exact) mass is 192 g/mol. The zero-order valence-electron chi connectivity index (χ0n) is 8.22. The Kier molecular flexibility index (Phi) is 7.59. The van der Waals surface area contributed by atoms with Crippen LogP contribution in [-0.4, -0.2) is 25.5 Å². The highest BCUT2D eigenvalue weighted by molar-refractivity contribution is 5.72. The average Bonchev–Trinajstić information content (AvgIpc) is 2.12. The van der Waals surface area contributed by atoms with Gasteiger partial charge in [0.05, 0.1) is 13.2 Å². The molecule has 0 spiro atoms. The Morgan fingerprint density at radius 2 is 2.08 bits per heavy atom. The van der Waals surface area contributed by atoms with E-state index in [1.165, 1.54) is 0 Å². The van der Waals surface area contributed by atoms with Gasteiger partial charge in [-0.05, 0) is 13.3 Å². The molecular weight excluding hydrogens is 175 g/mol. The summed E-state index contributed by atoms with van der Waals surface area (Å²) in [7, 11) is 0. The van der Waals surface area contributed by atoms with E-state index in [-0.39, 0.29) is 13.2 Å². The predicted octanol–water partition coefficient (Wildman–Crippen LogP) is 2.05. The Morgan fingerprint density at radius 1 is 1.38 bits per heavy atom. The Bertz CT molecular complexity index is 139. The first kappa shape index (κ1) is 12.4. The van der Waals surface area contributed by atoms with Crippen LogP contribution in [0, 0.1) is 0 Å². The fourth-order valence-electron chi connectivity index (χ4n) is 0.815. The number of unbranched alkanes of at least 4 members (excludes halogenated alkanes) is 2. The lowest BCUT2D eigenvalue weighted by atomic mass is 10.3. The quantitative estimate of drug-likeness (QED) is 0.457. The van der Waals surface area contributed by atoms with E-state index < -0.39 is 12.3 Å². The summed E-state index contributed by atoms with van der Waals surface area (Å²) in [6, 6.07) is 0. The zero-order chi connectivity index (χ0) is 10.1.